The molecule has 0 heterocycles. The molecule has 0 saturated carbocycles. The molecule has 0 saturated heterocycles. The van der Waals surface area contributed by atoms with Crippen LogP contribution in [0.25, 0.3) is 0 Å². The van der Waals surface area contributed by atoms with Crippen molar-refractivity contribution in [2.75, 3.05) is 6.61 Å². The maximum Gasteiger partial charge on any atom is 0.261 e. The molecule has 0 spiro atoms. The maximum absolute atomic E-state index is 13.2. The van der Waals surface area contributed by atoms with Gasteiger partial charge in [0.25, 0.3) is 5.91 Å². The van der Waals surface area contributed by atoms with Crippen molar-refractivity contribution in [2.24, 2.45) is 0 Å². The third kappa shape index (κ3) is 7.37. The van der Waals surface area contributed by atoms with E-state index >= 15 is 0 Å². The fourth-order valence-corrected chi connectivity index (χ4v) is 3.66. The number of benzene rings is 2. The van der Waals surface area contributed by atoms with E-state index in [0.29, 0.717) is 18.2 Å². The summed E-state index contributed by atoms with van der Waals surface area (Å²) in [5.74, 6) is 0.603. The smallest absolute Gasteiger partial charge is 0.261 e. The average Bonchev–Trinajstić information content (AvgIpc) is 2.76. The van der Waals surface area contributed by atoms with Crippen LogP contribution in [0.5, 0.6) is 5.75 Å². The summed E-state index contributed by atoms with van der Waals surface area (Å²) in [6.07, 6.45) is 0.827. The van der Waals surface area contributed by atoms with Crippen molar-refractivity contribution in [1.29, 1.82) is 0 Å². The molecule has 0 fully saturated rings. The number of halogens is 1. The number of carbonyl (C=O) groups is 2. The number of hydrogen-bond donors (Lipinski definition) is 1. The lowest BCUT2D eigenvalue weighted by Crippen LogP contribution is -2.50. The van der Waals surface area contributed by atoms with E-state index in [-0.39, 0.29) is 24.5 Å². The highest BCUT2D eigenvalue weighted by Crippen LogP contribution is 2.29. The third-order valence-electron chi connectivity index (χ3n) is 5.62. The van der Waals surface area contributed by atoms with Gasteiger partial charge in [-0.3, -0.25) is 9.59 Å². The van der Waals surface area contributed by atoms with Crippen LogP contribution in [0.2, 0.25) is 0 Å². The highest BCUT2D eigenvalue weighted by atomic mass is 79.9. The van der Waals surface area contributed by atoms with Gasteiger partial charge >= 0.3 is 0 Å². The zero-order valence-electron chi connectivity index (χ0n) is 19.9. The third-order valence-corrected chi connectivity index (χ3v) is 6.24. The minimum Gasteiger partial charge on any atom is -0.483 e. The predicted octanol–water partition coefficient (Wildman–Crippen LogP) is 5.59. The predicted molar refractivity (Wildman–Crippen MR) is 133 cm³/mol. The molecule has 2 rings (SSSR count). The number of carbonyl (C=O) groups excluding carboxylic acids is 2. The first-order chi connectivity index (χ1) is 15.1. The Morgan fingerprint density at radius 2 is 1.72 bits per heavy atom. The summed E-state index contributed by atoms with van der Waals surface area (Å²) in [6.45, 7) is 12.2. The van der Waals surface area contributed by atoms with Crippen molar-refractivity contribution in [3.63, 3.8) is 0 Å². The van der Waals surface area contributed by atoms with Crippen molar-refractivity contribution < 1.29 is 14.3 Å². The zero-order valence-corrected chi connectivity index (χ0v) is 21.5. The molecule has 0 radical (unpaired) electrons. The lowest BCUT2D eigenvalue weighted by atomic mass is 10.0. The summed E-state index contributed by atoms with van der Waals surface area (Å²) in [7, 11) is 0. The highest BCUT2D eigenvalue weighted by Gasteiger charge is 2.27. The molecule has 174 valence electrons. The molecule has 5 nitrogen and oxygen atoms in total. The Labute approximate surface area is 200 Å². The van der Waals surface area contributed by atoms with E-state index < -0.39 is 6.04 Å². The summed E-state index contributed by atoms with van der Waals surface area (Å²) >= 11 is 3.54. The zero-order chi connectivity index (χ0) is 23.8. The normalized spacial score (nSPS) is 12.9. The Morgan fingerprint density at radius 3 is 2.28 bits per heavy atom. The molecule has 0 unspecified atom stereocenters. The van der Waals surface area contributed by atoms with Gasteiger partial charge in [0, 0.05) is 12.6 Å². The summed E-state index contributed by atoms with van der Waals surface area (Å²) in [4.78, 5) is 27.5. The van der Waals surface area contributed by atoms with Gasteiger partial charge in [-0.1, -0.05) is 56.7 Å². The van der Waals surface area contributed by atoms with Gasteiger partial charge in [-0.2, -0.15) is 0 Å². The van der Waals surface area contributed by atoms with Crippen LogP contribution in [0.3, 0.4) is 0 Å². The molecule has 32 heavy (non-hydrogen) atoms. The van der Waals surface area contributed by atoms with Crippen molar-refractivity contribution in [3.05, 3.63) is 63.6 Å². The largest absolute Gasteiger partial charge is 0.483 e. The number of ether oxygens (including phenoxy) is 1. The van der Waals surface area contributed by atoms with E-state index in [1.165, 1.54) is 5.56 Å². The summed E-state index contributed by atoms with van der Waals surface area (Å²) in [5.41, 5.74) is 3.30. The van der Waals surface area contributed by atoms with E-state index in [1.54, 1.807) is 11.8 Å². The highest BCUT2D eigenvalue weighted by molar-refractivity contribution is 9.10. The maximum atomic E-state index is 13.2. The molecular weight excluding hydrogens is 468 g/mol. The molecule has 6 heteroatoms. The monoisotopic (exact) mass is 502 g/mol. The minimum absolute atomic E-state index is 0.0490. The van der Waals surface area contributed by atoms with E-state index in [0.717, 1.165) is 22.0 Å². The van der Waals surface area contributed by atoms with Gasteiger partial charge in [-0.25, -0.2) is 0 Å². The Morgan fingerprint density at radius 1 is 1.06 bits per heavy atom. The Hall–Kier alpha value is -2.34. The molecule has 2 atom stereocenters. The topological polar surface area (TPSA) is 58.6 Å². The first-order valence-corrected chi connectivity index (χ1v) is 12.0. The fourth-order valence-electron chi connectivity index (χ4n) is 3.15. The van der Waals surface area contributed by atoms with Gasteiger partial charge in [0.2, 0.25) is 5.91 Å². The van der Waals surface area contributed by atoms with Crippen molar-refractivity contribution in [1.82, 2.24) is 10.2 Å². The molecule has 0 bridgehead atoms. The van der Waals surface area contributed by atoms with E-state index in [9.17, 15) is 9.59 Å². The first-order valence-electron chi connectivity index (χ1n) is 11.2. The second-order valence-electron chi connectivity index (χ2n) is 8.63. The Kier molecular flexibility index (Phi) is 9.76. The number of amides is 2. The van der Waals surface area contributed by atoms with Crippen LogP contribution in [-0.2, 0) is 16.1 Å². The van der Waals surface area contributed by atoms with Crippen LogP contribution in [-0.4, -0.2) is 35.4 Å². The molecule has 0 aliphatic rings. The Balaban J connectivity index is 2.17. The van der Waals surface area contributed by atoms with E-state index in [2.05, 4.69) is 35.1 Å². The fraction of sp³-hybridized carbons (Fsp3) is 0.462. The minimum atomic E-state index is -0.617. The van der Waals surface area contributed by atoms with Crippen LogP contribution in [0.4, 0.5) is 0 Å². The molecule has 1 N–H and O–H groups in total. The number of aryl methyl sites for hydroxylation is 1. The summed E-state index contributed by atoms with van der Waals surface area (Å²) in [6, 6.07) is 13.3. The van der Waals surface area contributed by atoms with Crippen molar-refractivity contribution >= 4 is 27.7 Å². The molecule has 2 aromatic rings. The number of rotatable bonds is 10. The second kappa shape index (κ2) is 12.0. The quantitative estimate of drug-likeness (QED) is 0.460. The van der Waals surface area contributed by atoms with Gasteiger partial charge in [-0.05, 0) is 72.3 Å². The van der Waals surface area contributed by atoms with Crippen LogP contribution in [0.15, 0.2) is 46.9 Å². The Bertz CT molecular complexity index is 912. The van der Waals surface area contributed by atoms with E-state index in [1.807, 2.05) is 63.2 Å². The van der Waals surface area contributed by atoms with Crippen LogP contribution in [0.1, 0.15) is 63.6 Å². The van der Waals surface area contributed by atoms with Gasteiger partial charge in [0.05, 0.1) is 4.47 Å². The number of hydrogen-bond acceptors (Lipinski definition) is 3. The number of nitrogens with zero attached hydrogens (tertiary/aromatic N) is 1. The number of nitrogens with one attached hydrogen (secondary N) is 1. The van der Waals surface area contributed by atoms with Gasteiger partial charge in [0.15, 0.2) is 6.61 Å². The molecular formula is C26H35BrN2O3. The SMILES string of the molecule is CC[C@H](C)NC(=O)[C@@H](C)N(Cc1ccc(C)cc1)C(=O)COc1ccc(C(C)C)cc1Br. The molecule has 0 aliphatic carbocycles. The average molecular weight is 503 g/mol. The first kappa shape index (κ1) is 25.9. The summed E-state index contributed by atoms with van der Waals surface area (Å²) in [5, 5.41) is 2.98. The molecule has 0 aromatic heterocycles. The van der Waals surface area contributed by atoms with Crippen LogP contribution in [0, 0.1) is 6.92 Å². The van der Waals surface area contributed by atoms with Crippen molar-refractivity contribution in [2.45, 2.75) is 72.5 Å². The lowest BCUT2D eigenvalue weighted by molar-refractivity contribution is -0.142. The van der Waals surface area contributed by atoms with Gasteiger partial charge in [0.1, 0.15) is 11.8 Å². The van der Waals surface area contributed by atoms with Gasteiger partial charge < -0.3 is 15.0 Å². The van der Waals surface area contributed by atoms with Crippen LogP contribution < -0.4 is 10.1 Å². The molecule has 2 aromatic carbocycles. The lowest BCUT2D eigenvalue weighted by Gasteiger charge is -2.29. The molecule has 2 amide bonds. The second-order valence-corrected chi connectivity index (χ2v) is 9.49. The standard InChI is InChI=1S/C26H35BrN2O3/c1-7-19(5)28-26(31)20(6)29(15-21-10-8-18(4)9-11-21)25(30)16-32-24-13-12-22(17(2)3)14-23(24)27/h8-14,17,19-20H,7,15-16H2,1-6H3,(H,28,31)/t19-,20+/m0/s1. The van der Waals surface area contributed by atoms with Gasteiger partial charge in [-0.15, -0.1) is 0 Å². The van der Waals surface area contributed by atoms with Crippen molar-refractivity contribution in [3.8, 4) is 5.75 Å². The van der Waals surface area contributed by atoms with Crippen LogP contribution >= 0.6 is 15.9 Å². The molecule has 0 aliphatic heterocycles. The summed E-state index contributed by atoms with van der Waals surface area (Å²) < 4.78 is 6.64. The van der Waals surface area contributed by atoms with E-state index in [4.69, 9.17) is 4.74 Å².